The van der Waals surface area contributed by atoms with Crippen molar-refractivity contribution in [3.8, 4) is 11.5 Å². The second-order valence-electron chi connectivity index (χ2n) is 6.94. The van der Waals surface area contributed by atoms with Crippen LogP contribution in [0.2, 0.25) is 0 Å². The van der Waals surface area contributed by atoms with Crippen LogP contribution in [0.5, 0.6) is 11.5 Å². The predicted molar refractivity (Wildman–Crippen MR) is 113 cm³/mol. The Morgan fingerprint density at radius 3 is 2.68 bits per heavy atom. The molecule has 1 aliphatic heterocycles. The molecule has 6 heteroatoms. The number of nitrogens with one attached hydrogen (secondary N) is 2. The van der Waals surface area contributed by atoms with Gasteiger partial charge in [0.2, 0.25) is 6.79 Å². The Bertz CT molecular complexity index is 807. The lowest BCUT2D eigenvalue weighted by atomic mass is 10.1. The molecular formula is C22H30N4O2. The van der Waals surface area contributed by atoms with Crippen molar-refractivity contribution in [2.24, 2.45) is 4.99 Å². The fourth-order valence-corrected chi connectivity index (χ4v) is 3.09. The van der Waals surface area contributed by atoms with Crippen molar-refractivity contribution in [1.82, 2.24) is 15.5 Å². The number of guanidine groups is 1. The molecule has 0 fully saturated rings. The molecule has 0 bridgehead atoms. The van der Waals surface area contributed by atoms with E-state index in [9.17, 15) is 0 Å². The highest BCUT2D eigenvalue weighted by Crippen LogP contribution is 2.32. The molecule has 6 nitrogen and oxygen atoms in total. The third-order valence-corrected chi connectivity index (χ3v) is 4.81. The van der Waals surface area contributed by atoms with Gasteiger partial charge in [0.05, 0.1) is 0 Å². The summed E-state index contributed by atoms with van der Waals surface area (Å²) in [5, 5.41) is 6.76. The van der Waals surface area contributed by atoms with Gasteiger partial charge >= 0.3 is 0 Å². The molecule has 0 radical (unpaired) electrons. The van der Waals surface area contributed by atoms with E-state index in [0.29, 0.717) is 6.79 Å². The maximum atomic E-state index is 5.43. The molecule has 0 aromatic heterocycles. The Labute approximate surface area is 167 Å². The Balaban J connectivity index is 1.45. The summed E-state index contributed by atoms with van der Waals surface area (Å²) in [5.41, 5.74) is 3.79. The van der Waals surface area contributed by atoms with Crippen LogP contribution in [0.25, 0.3) is 0 Å². The van der Waals surface area contributed by atoms with Gasteiger partial charge in [0.15, 0.2) is 17.5 Å². The molecular weight excluding hydrogens is 352 g/mol. The van der Waals surface area contributed by atoms with E-state index in [-0.39, 0.29) is 0 Å². The fourth-order valence-electron chi connectivity index (χ4n) is 3.09. The monoisotopic (exact) mass is 382 g/mol. The standard InChI is InChI=1S/C22H30N4O2/c1-4-26(3)15-19-7-5-6-18(12-19)14-25-22(23-2)24-11-10-17-8-9-20-21(13-17)28-16-27-20/h5-9,12-13H,4,10-11,14-16H2,1-3H3,(H2,23,24,25). The van der Waals surface area contributed by atoms with Crippen molar-refractivity contribution >= 4 is 5.96 Å². The van der Waals surface area contributed by atoms with Crippen molar-refractivity contribution < 1.29 is 9.47 Å². The molecule has 28 heavy (non-hydrogen) atoms. The Morgan fingerprint density at radius 1 is 1.04 bits per heavy atom. The Kier molecular flexibility index (Phi) is 7.14. The van der Waals surface area contributed by atoms with Gasteiger partial charge in [-0.1, -0.05) is 37.3 Å². The van der Waals surface area contributed by atoms with Gasteiger partial charge < -0.3 is 25.0 Å². The van der Waals surface area contributed by atoms with Crippen molar-refractivity contribution in [2.75, 3.05) is 34.0 Å². The summed E-state index contributed by atoms with van der Waals surface area (Å²) >= 11 is 0. The number of hydrogen-bond acceptors (Lipinski definition) is 4. The predicted octanol–water partition coefficient (Wildman–Crippen LogP) is 2.77. The van der Waals surface area contributed by atoms with E-state index < -0.39 is 0 Å². The molecule has 0 atom stereocenters. The zero-order chi connectivity index (χ0) is 19.8. The zero-order valence-corrected chi connectivity index (χ0v) is 17.0. The first-order chi connectivity index (χ1) is 13.7. The molecule has 2 N–H and O–H groups in total. The van der Waals surface area contributed by atoms with E-state index in [0.717, 1.165) is 50.1 Å². The second kappa shape index (κ2) is 9.99. The molecule has 2 aromatic rings. The summed E-state index contributed by atoms with van der Waals surface area (Å²) in [4.78, 5) is 6.61. The van der Waals surface area contributed by atoms with Gasteiger partial charge in [0.25, 0.3) is 0 Å². The third-order valence-electron chi connectivity index (χ3n) is 4.81. The molecule has 3 rings (SSSR count). The van der Waals surface area contributed by atoms with Gasteiger partial charge in [-0.3, -0.25) is 4.99 Å². The van der Waals surface area contributed by atoms with Crippen LogP contribution in [0.4, 0.5) is 0 Å². The van der Waals surface area contributed by atoms with Crippen LogP contribution in [0.15, 0.2) is 47.5 Å². The Morgan fingerprint density at radius 2 is 1.86 bits per heavy atom. The largest absolute Gasteiger partial charge is 0.454 e. The van der Waals surface area contributed by atoms with Gasteiger partial charge in [-0.25, -0.2) is 0 Å². The first-order valence-electron chi connectivity index (χ1n) is 9.77. The summed E-state index contributed by atoms with van der Waals surface area (Å²) in [6, 6.07) is 14.8. The highest BCUT2D eigenvalue weighted by atomic mass is 16.7. The maximum absolute atomic E-state index is 5.43. The quantitative estimate of drug-likeness (QED) is 0.543. The maximum Gasteiger partial charge on any atom is 0.231 e. The van der Waals surface area contributed by atoms with Crippen molar-refractivity contribution in [3.63, 3.8) is 0 Å². The molecule has 0 unspecified atom stereocenters. The lowest BCUT2D eigenvalue weighted by Gasteiger charge is -2.15. The molecule has 0 saturated heterocycles. The van der Waals surface area contributed by atoms with Gasteiger partial charge in [-0.2, -0.15) is 0 Å². The molecule has 1 heterocycles. The molecule has 0 amide bonds. The average Bonchev–Trinajstić information content (AvgIpc) is 3.18. The number of fused-ring (bicyclic) bond motifs is 1. The number of nitrogens with zero attached hydrogens (tertiary/aromatic N) is 2. The topological polar surface area (TPSA) is 58.1 Å². The average molecular weight is 383 g/mol. The first-order valence-corrected chi connectivity index (χ1v) is 9.77. The minimum Gasteiger partial charge on any atom is -0.454 e. The normalized spacial score (nSPS) is 13.1. The van der Waals surface area contributed by atoms with Crippen LogP contribution >= 0.6 is 0 Å². The molecule has 0 saturated carbocycles. The lowest BCUT2D eigenvalue weighted by molar-refractivity contribution is 0.174. The van der Waals surface area contributed by atoms with Crippen LogP contribution < -0.4 is 20.1 Å². The molecule has 150 valence electrons. The van der Waals surface area contributed by atoms with E-state index in [1.807, 2.05) is 12.1 Å². The summed E-state index contributed by atoms with van der Waals surface area (Å²) in [7, 11) is 3.93. The first kappa shape index (κ1) is 20.0. The highest BCUT2D eigenvalue weighted by Gasteiger charge is 2.13. The minimum atomic E-state index is 0.309. The van der Waals surface area contributed by atoms with Crippen LogP contribution in [0.3, 0.4) is 0 Å². The van der Waals surface area contributed by atoms with E-state index in [2.05, 4.69) is 64.8 Å². The van der Waals surface area contributed by atoms with Crippen LogP contribution in [-0.2, 0) is 19.5 Å². The summed E-state index contributed by atoms with van der Waals surface area (Å²) in [6.07, 6.45) is 0.885. The van der Waals surface area contributed by atoms with Crippen molar-refractivity contribution in [3.05, 3.63) is 59.2 Å². The number of hydrogen-bond donors (Lipinski definition) is 2. The van der Waals surface area contributed by atoms with E-state index >= 15 is 0 Å². The van der Waals surface area contributed by atoms with E-state index in [1.54, 1.807) is 7.05 Å². The summed E-state index contributed by atoms with van der Waals surface area (Å²) in [6.45, 7) is 6.03. The smallest absolute Gasteiger partial charge is 0.231 e. The molecule has 0 aliphatic carbocycles. The summed E-state index contributed by atoms with van der Waals surface area (Å²) < 4.78 is 10.8. The number of rotatable bonds is 8. The third kappa shape index (κ3) is 5.63. The SMILES string of the molecule is CCN(C)Cc1cccc(CNC(=NC)NCCc2ccc3c(c2)OCO3)c1. The Hall–Kier alpha value is -2.73. The number of aliphatic imine (C=N–C) groups is 1. The highest BCUT2D eigenvalue weighted by molar-refractivity contribution is 5.79. The van der Waals surface area contributed by atoms with Gasteiger partial charge in [0, 0.05) is 26.7 Å². The zero-order valence-electron chi connectivity index (χ0n) is 17.0. The van der Waals surface area contributed by atoms with E-state index in [4.69, 9.17) is 9.47 Å². The molecule has 2 aromatic carbocycles. The minimum absolute atomic E-state index is 0.309. The van der Waals surface area contributed by atoms with E-state index in [1.165, 1.54) is 16.7 Å². The van der Waals surface area contributed by atoms with Crippen LogP contribution in [-0.4, -0.2) is 44.8 Å². The van der Waals surface area contributed by atoms with Gasteiger partial charge in [-0.05, 0) is 48.8 Å². The molecule has 0 spiro atoms. The molecule has 1 aliphatic rings. The van der Waals surface area contributed by atoms with Crippen LogP contribution in [0, 0.1) is 0 Å². The second-order valence-corrected chi connectivity index (χ2v) is 6.94. The number of ether oxygens (including phenoxy) is 2. The van der Waals surface area contributed by atoms with Crippen molar-refractivity contribution in [1.29, 1.82) is 0 Å². The van der Waals surface area contributed by atoms with Crippen LogP contribution in [0.1, 0.15) is 23.6 Å². The number of benzene rings is 2. The van der Waals surface area contributed by atoms with Gasteiger partial charge in [0.1, 0.15) is 0 Å². The fraction of sp³-hybridized carbons (Fsp3) is 0.409. The van der Waals surface area contributed by atoms with Crippen molar-refractivity contribution in [2.45, 2.75) is 26.4 Å². The lowest BCUT2D eigenvalue weighted by Crippen LogP contribution is -2.37. The summed E-state index contributed by atoms with van der Waals surface area (Å²) in [5.74, 6) is 2.45. The van der Waals surface area contributed by atoms with Gasteiger partial charge in [-0.15, -0.1) is 0 Å².